The summed E-state index contributed by atoms with van der Waals surface area (Å²) in [4.78, 5) is 50.0. The van der Waals surface area contributed by atoms with E-state index in [0.717, 1.165) is 22.9 Å². The number of non-ortho nitro benzene ring substituents is 1. The number of amides is 3. The number of benzene rings is 2. The van der Waals surface area contributed by atoms with Crippen LogP contribution in [0.15, 0.2) is 48.5 Å². The van der Waals surface area contributed by atoms with Crippen LogP contribution in [-0.4, -0.2) is 32.7 Å². The van der Waals surface area contributed by atoms with Gasteiger partial charge in [0.25, 0.3) is 23.4 Å². The molecule has 0 bridgehead atoms. The summed E-state index contributed by atoms with van der Waals surface area (Å²) in [5, 5.41) is 13.5. The minimum Gasteiger partial charge on any atom is -0.272 e. The molecular formula is C22H20ClN3O5. The monoisotopic (exact) mass is 441 g/mol. The Bertz CT molecular complexity index is 1010. The lowest BCUT2D eigenvalue weighted by Gasteiger charge is -2.30. The first kappa shape index (κ1) is 21.0. The van der Waals surface area contributed by atoms with Crippen molar-refractivity contribution in [2.45, 2.75) is 32.2 Å². The van der Waals surface area contributed by atoms with E-state index in [2.05, 4.69) is 0 Å². The molecule has 2 aliphatic rings. The van der Waals surface area contributed by atoms with Crippen LogP contribution in [-0.2, 0) is 16.1 Å². The minimum atomic E-state index is -0.518. The molecule has 4 rings (SSSR count). The number of carbonyl (C=O) groups is 3. The third-order valence-electron chi connectivity index (χ3n) is 5.86. The summed E-state index contributed by atoms with van der Waals surface area (Å²) >= 11 is 5.92. The van der Waals surface area contributed by atoms with Crippen LogP contribution < -0.4 is 0 Å². The first-order valence-corrected chi connectivity index (χ1v) is 10.4. The van der Waals surface area contributed by atoms with Crippen LogP contribution in [0.5, 0.6) is 0 Å². The van der Waals surface area contributed by atoms with E-state index in [1.807, 2.05) is 0 Å². The second-order valence-corrected chi connectivity index (χ2v) is 8.22. The quantitative estimate of drug-likeness (QED) is 0.397. The average Bonchev–Trinajstić information content (AvgIpc) is 3.03. The highest BCUT2D eigenvalue weighted by Crippen LogP contribution is 2.39. The highest BCUT2D eigenvalue weighted by Gasteiger charge is 2.51. The predicted octanol–water partition coefficient (Wildman–Crippen LogP) is 3.98. The number of hydrogen-bond acceptors (Lipinski definition) is 5. The standard InChI is InChI=1S/C22H20ClN3O5/c23-16-9-7-15(8-10-16)20(27)24(13-14-5-11-17(12-6-14)26(30)31)25-21(28)18-3-1-2-4-19(18)22(25)29/h5-12,18-19H,1-4,13H2/t18-,19+. The third-order valence-corrected chi connectivity index (χ3v) is 6.12. The number of hydrogen-bond donors (Lipinski definition) is 0. The smallest absolute Gasteiger partial charge is 0.272 e. The Morgan fingerprint density at radius 2 is 1.55 bits per heavy atom. The van der Waals surface area contributed by atoms with Gasteiger partial charge in [0.15, 0.2) is 0 Å². The fourth-order valence-corrected chi connectivity index (χ4v) is 4.38. The number of nitrogens with zero attached hydrogens (tertiary/aromatic N) is 3. The van der Waals surface area contributed by atoms with E-state index in [4.69, 9.17) is 11.6 Å². The first-order chi connectivity index (χ1) is 14.9. The largest absolute Gasteiger partial charge is 0.273 e. The van der Waals surface area contributed by atoms with Gasteiger partial charge in [-0.3, -0.25) is 24.5 Å². The highest BCUT2D eigenvalue weighted by atomic mass is 35.5. The van der Waals surface area contributed by atoms with Crippen molar-refractivity contribution < 1.29 is 19.3 Å². The van der Waals surface area contributed by atoms with Crippen molar-refractivity contribution >= 4 is 35.0 Å². The normalized spacial score (nSPS) is 20.5. The molecule has 0 unspecified atom stereocenters. The van der Waals surface area contributed by atoms with Crippen LogP contribution in [0.3, 0.4) is 0 Å². The number of rotatable bonds is 5. The molecule has 160 valence electrons. The molecule has 1 aliphatic heterocycles. The topological polar surface area (TPSA) is 101 Å². The van der Waals surface area contributed by atoms with Crippen molar-refractivity contribution in [1.29, 1.82) is 0 Å². The molecule has 9 heteroatoms. The van der Waals surface area contributed by atoms with E-state index in [1.165, 1.54) is 36.4 Å². The van der Waals surface area contributed by atoms with Crippen LogP contribution >= 0.6 is 11.6 Å². The lowest BCUT2D eigenvalue weighted by atomic mass is 9.81. The molecule has 0 N–H and O–H groups in total. The van der Waals surface area contributed by atoms with E-state index < -0.39 is 22.7 Å². The van der Waals surface area contributed by atoms with Gasteiger partial charge in [-0.1, -0.05) is 36.6 Å². The van der Waals surface area contributed by atoms with Gasteiger partial charge in [-0.05, 0) is 42.7 Å². The molecule has 2 aromatic rings. The molecule has 0 spiro atoms. The summed E-state index contributed by atoms with van der Waals surface area (Å²) in [7, 11) is 0. The molecule has 8 nitrogen and oxygen atoms in total. The minimum absolute atomic E-state index is 0.0730. The van der Waals surface area contributed by atoms with Crippen LogP contribution in [0.4, 0.5) is 5.69 Å². The van der Waals surface area contributed by atoms with Crippen LogP contribution in [0.2, 0.25) is 5.02 Å². The summed E-state index contributed by atoms with van der Waals surface area (Å²) in [6, 6.07) is 11.9. The summed E-state index contributed by atoms with van der Waals surface area (Å²) in [6.45, 7) is -0.0730. The molecule has 2 atom stereocenters. The zero-order chi connectivity index (χ0) is 22.1. The molecular weight excluding hydrogens is 422 g/mol. The van der Waals surface area contributed by atoms with Gasteiger partial charge < -0.3 is 0 Å². The SMILES string of the molecule is O=C(c1ccc(Cl)cc1)N(Cc1ccc([N+](=O)[O-])cc1)N1C(=O)[C@H]2CCCC[C@H]2C1=O. The fraction of sp³-hybridized carbons (Fsp3) is 0.318. The molecule has 0 radical (unpaired) electrons. The second-order valence-electron chi connectivity index (χ2n) is 7.78. The Morgan fingerprint density at radius 3 is 2.06 bits per heavy atom. The van der Waals surface area contributed by atoms with Gasteiger partial charge in [0.2, 0.25) is 0 Å². The van der Waals surface area contributed by atoms with Crippen molar-refractivity contribution in [3.63, 3.8) is 0 Å². The van der Waals surface area contributed by atoms with E-state index in [0.29, 0.717) is 23.4 Å². The van der Waals surface area contributed by atoms with E-state index in [9.17, 15) is 24.5 Å². The number of fused-ring (bicyclic) bond motifs is 1. The lowest BCUT2D eigenvalue weighted by molar-refractivity contribution is -0.384. The van der Waals surface area contributed by atoms with E-state index >= 15 is 0 Å². The van der Waals surface area contributed by atoms with Crippen molar-refractivity contribution in [2.75, 3.05) is 0 Å². The van der Waals surface area contributed by atoms with Gasteiger partial charge in [0.1, 0.15) is 0 Å². The molecule has 1 aliphatic carbocycles. The molecule has 1 heterocycles. The van der Waals surface area contributed by atoms with E-state index in [1.54, 1.807) is 12.1 Å². The van der Waals surface area contributed by atoms with E-state index in [-0.39, 0.29) is 29.6 Å². The van der Waals surface area contributed by atoms with Crippen LogP contribution in [0.25, 0.3) is 0 Å². The Labute approximate surface area is 183 Å². The number of nitro groups is 1. The first-order valence-electron chi connectivity index (χ1n) is 10.1. The number of halogens is 1. The van der Waals surface area contributed by atoms with Crippen molar-refractivity contribution in [2.24, 2.45) is 11.8 Å². The Kier molecular flexibility index (Phi) is 5.73. The summed E-state index contributed by atoms with van der Waals surface area (Å²) in [5.41, 5.74) is 0.754. The molecule has 1 saturated heterocycles. The zero-order valence-electron chi connectivity index (χ0n) is 16.6. The molecule has 0 aromatic heterocycles. The fourth-order valence-electron chi connectivity index (χ4n) is 4.25. The summed E-state index contributed by atoms with van der Waals surface area (Å²) in [5.74, 6) is -2.05. The Balaban J connectivity index is 1.69. The van der Waals surface area contributed by atoms with Crippen molar-refractivity contribution in [3.8, 4) is 0 Å². The Hall–Kier alpha value is -3.26. The molecule has 31 heavy (non-hydrogen) atoms. The van der Waals surface area contributed by atoms with Gasteiger partial charge in [-0.15, -0.1) is 0 Å². The van der Waals surface area contributed by atoms with Crippen LogP contribution in [0, 0.1) is 22.0 Å². The summed E-state index contributed by atoms with van der Waals surface area (Å²) in [6.07, 6.45) is 3.02. The van der Waals surface area contributed by atoms with Crippen LogP contribution in [0.1, 0.15) is 41.6 Å². The average molecular weight is 442 g/mol. The predicted molar refractivity (Wildman–Crippen MR) is 112 cm³/mol. The number of imide groups is 1. The lowest BCUT2D eigenvalue weighted by Crippen LogP contribution is -2.49. The van der Waals surface area contributed by atoms with Gasteiger partial charge >= 0.3 is 0 Å². The number of nitro benzene ring substituents is 1. The van der Waals surface area contributed by atoms with Gasteiger partial charge in [-0.2, -0.15) is 5.01 Å². The second kappa shape index (κ2) is 8.47. The number of hydrazine groups is 1. The zero-order valence-corrected chi connectivity index (χ0v) is 17.3. The van der Waals surface area contributed by atoms with Crippen molar-refractivity contribution in [3.05, 3.63) is 74.8 Å². The molecule has 3 amide bonds. The number of carbonyl (C=O) groups excluding carboxylic acids is 3. The molecule has 2 fully saturated rings. The highest BCUT2D eigenvalue weighted by molar-refractivity contribution is 6.30. The van der Waals surface area contributed by atoms with Gasteiger partial charge in [0.05, 0.1) is 23.3 Å². The van der Waals surface area contributed by atoms with Crippen molar-refractivity contribution in [1.82, 2.24) is 10.0 Å². The Morgan fingerprint density at radius 1 is 1.00 bits per heavy atom. The molecule has 2 aromatic carbocycles. The maximum atomic E-state index is 13.3. The van der Waals surface area contributed by atoms with Gasteiger partial charge in [-0.25, -0.2) is 5.01 Å². The maximum Gasteiger partial charge on any atom is 0.273 e. The van der Waals surface area contributed by atoms with Gasteiger partial charge in [0, 0.05) is 22.7 Å². The third kappa shape index (κ3) is 4.03. The molecule has 1 saturated carbocycles. The summed E-state index contributed by atoms with van der Waals surface area (Å²) < 4.78 is 0. The maximum absolute atomic E-state index is 13.3.